The van der Waals surface area contributed by atoms with Gasteiger partial charge < -0.3 is 5.32 Å². The summed E-state index contributed by atoms with van der Waals surface area (Å²) in [7, 11) is 0. The second-order valence-electron chi connectivity index (χ2n) is 5.00. The van der Waals surface area contributed by atoms with E-state index in [2.05, 4.69) is 5.32 Å². The van der Waals surface area contributed by atoms with E-state index in [0.29, 0.717) is 5.02 Å². The predicted molar refractivity (Wildman–Crippen MR) is 67.5 cm³/mol. The van der Waals surface area contributed by atoms with E-state index in [4.69, 9.17) is 11.6 Å². The van der Waals surface area contributed by atoms with Gasteiger partial charge >= 0.3 is 0 Å². The van der Waals surface area contributed by atoms with E-state index in [1.807, 2.05) is 52.0 Å². The maximum atomic E-state index is 11.8. The number of halogens is 1. The Bertz CT molecular complexity index is 365. The van der Waals surface area contributed by atoms with Crippen molar-refractivity contribution in [2.45, 2.75) is 33.7 Å². The number of nitrogens with one attached hydrogen (secondary N) is 1. The van der Waals surface area contributed by atoms with Gasteiger partial charge in [0.15, 0.2) is 0 Å². The summed E-state index contributed by atoms with van der Waals surface area (Å²) < 4.78 is 0. The van der Waals surface area contributed by atoms with E-state index in [1.165, 1.54) is 0 Å². The summed E-state index contributed by atoms with van der Waals surface area (Å²) in [5, 5.41) is 3.68. The minimum atomic E-state index is -0.360. The third-order valence-electron chi connectivity index (χ3n) is 2.40. The molecule has 1 amide bonds. The molecule has 88 valence electrons. The van der Waals surface area contributed by atoms with Crippen molar-refractivity contribution >= 4 is 17.5 Å². The Morgan fingerprint density at radius 1 is 1.25 bits per heavy atom. The molecular formula is C13H18ClNO. The number of benzene rings is 1. The molecule has 3 heteroatoms. The fraction of sp³-hybridized carbons (Fsp3) is 0.462. The Hall–Kier alpha value is -1.02. The minimum Gasteiger partial charge on any atom is -0.349 e. The molecule has 1 aromatic carbocycles. The van der Waals surface area contributed by atoms with Gasteiger partial charge in [-0.05, 0) is 24.6 Å². The zero-order chi connectivity index (χ0) is 12.3. The zero-order valence-electron chi connectivity index (χ0n) is 10.2. The molecule has 1 aromatic rings. The van der Waals surface area contributed by atoms with Crippen LogP contribution in [-0.2, 0) is 4.79 Å². The molecule has 0 unspecified atom stereocenters. The van der Waals surface area contributed by atoms with E-state index in [9.17, 15) is 4.79 Å². The van der Waals surface area contributed by atoms with E-state index >= 15 is 0 Å². The molecular weight excluding hydrogens is 222 g/mol. The van der Waals surface area contributed by atoms with Gasteiger partial charge in [-0.3, -0.25) is 4.79 Å². The fourth-order valence-electron chi connectivity index (χ4n) is 1.25. The van der Waals surface area contributed by atoms with Crippen molar-refractivity contribution in [2.75, 3.05) is 0 Å². The fourth-order valence-corrected chi connectivity index (χ4v) is 1.37. The van der Waals surface area contributed by atoms with E-state index in [1.54, 1.807) is 0 Å². The lowest BCUT2D eigenvalue weighted by Gasteiger charge is -2.22. The lowest BCUT2D eigenvalue weighted by molar-refractivity contribution is -0.129. The Balaban J connectivity index is 2.69. The Morgan fingerprint density at radius 2 is 1.75 bits per heavy atom. The lowest BCUT2D eigenvalue weighted by atomic mass is 9.95. The molecule has 0 aromatic heterocycles. The van der Waals surface area contributed by atoms with Crippen molar-refractivity contribution < 1.29 is 4.79 Å². The van der Waals surface area contributed by atoms with Gasteiger partial charge in [-0.2, -0.15) is 0 Å². The molecule has 0 fully saturated rings. The highest BCUT2D eigenvalue weighted by atomic mass is 35.5. The second kappa shape index (κ2) is 4.88. The summed E-state index contributed by atoms with van der Waals surface area (Å²) >= 11 is 5.81. The van der Waals surface area contributed by atoms with Gasteiger partial charge in [0.05, 0.1) is 6.04 Å². The number of rotatable bonds is 2. The molecule has 0 spiro atoms. The highest BCUT2D eigenvalue weighted by molar-refractivity contribution is 6.30. The summed E-state index contributed by atoms with van der Waals surface area (Å²) in [6.07, 6.45) is 0. The van der Waals surface area contributed by atoms with Crippen molar-refractivity contribution in [3.8, 4) is 0 Å². The maximum absolute atomic E-state index is 11.8. The predicted octanol–water partition coefficient (Wildman–Crippen LogP) is 3.56. The van der Waals surface area contributed by atoms with Crippen LogP contribution >= 0.6 is 11.6 Å². The highest BCUT2D eigenvalue weighted by Crippen LogP contribution is 2.19. The van der Waals surface area contributed by atoms with Crippen LogP contribution in [-0.4, -0.2) is 5.91 Å². The average Bonchev–Trinajstić information content (AvgIpc) is 2.17. The molecule has 0 heterocycles. The first-order chi connectivity index (χ1) is 7.30. The number of carbonyl (C=O) groups excluding carboxylic acids is 1. The van der Waals surface area contributed by atoms with Crippen molar-refractivity contribution in [3.05, 3.63) is 34.9 Å². The van der Waals surface area contributed by atoms with Gasteiger partial charge in [-0.25, -0.2) is 0 Å². The number of hydrogen-bond donors (Lipinski definition) is 1. The number of amides is 1. The van der Waals surface area contributed by atoms with Crippen molar-refractivity contribution in [3.63, 3.8) is 0 Å². The van der Waals surface area contributed by atoms with E-state index in [0.717, 1.165) is 5.56 Å². The standard InChI is InChI=1S/C13H18ClNO/c1-9(15-12(16)13(2,3)4)10-5-7-11(14)8-6-10/h5-9H,1-4H3,(H,15,16)/t9-/m0/s1. The molecule has 2 nitrogen and oxygen atoms in total. The molecule has 0 saturated carbocycles. The highest BCUT2D eigenvalue weighted by Gasteiger charge is 2.22. The van der Waals surface area contributed by atoms with Crippen LogP contribution < -0.4 is 5.32 Å². The first kappa shape index (κ1) is 13.0. The third-order valence-corrected chi connectivity index (χ3v) is 2.65. The van der Waals surface area contributed by atoms with Crippen LogP contribution in [0.3, 0.4) is 0 Å². The zero-order valence-corrected chi connectivity index (χ0v) is 10.9. The molecule has 0 aliphatic rings. The Morgan fingerprint density at radius 3 is 2.19 bits per heavy atom. The molecule has 1 rings (SSSR count). The lowest BCUT2D eigenvalue weighted by Crippen LogP contribution is -2.36. The first-order valence-corrected chi connectivity index (χ1v) is 5.75. The summed E-state index contributed by atoms with van der Waals surface area (Å²) in [6.45, 7) is 7.66. The Labute approximate surface area is 102 Å². The van der Waals surface area contributed by atoms with Crippen LogP contribution in [0.15, 0.2) is 24.3 Å². The molecule has 0 bridgehead atoms. The summed E-state index contributed by atoms with van der Waals surface area (Å²) in [5.74, 6) is 0.0509. The van der Waals surface area contributed by atoms with Crippen LogP contribution in [0, 0.1) is 5.41 Å². The van der Waals surface area contributed by atoms with E-state index in [-0.39, 0.29) is 17.4 Å². The second-order valence-corrected chi connectivity index (χ2v) is 5.43. The summed E-state index contributed by atoms with van der Waals surface area (Å²) in [6, 6.07) is 7.52. The topological polar surface area (TPSA) is 29.1 Å². The van der Waals surface area contributed by atoms with Crippen LogP contribution in [0.2, 0.25) is 5.02 Å². The molecule has 1 atom stereocenters. The van der Waals surface area contributed by atoms with Crippen LogP contribution in [0.5, 0.6) is 0 Å². The van der Waals surface area contributed by atoms with Crippen LogP contribution in [0.25, 0.3) is 0 Å². The van der Waals surface area contributed by atoms with E-state index < -0.39 is 0 Å². The average molecular weight is 240 g/mol. The van der Waals surface area contributed by atoms with Gasteiger partial charge in [0.2, 0.25) is 5.91 Å². The molecule has 1 N–H and O–H groups in total. The van der Waals surface area contributed by atoms with Gasteiger partial charge in [0.25, 0.3) is 0 Å². The first-order valence-electron chi connectivity index (χ1n) is 5.37. The number of carbonyl (C=O) groups is 1. The van der Waals surface area contributed by atoms with Crippen LogP contribution in [0.4, 0.5) is 0 Å². The van der Waals surface area contributed by atoms with Gasteiger partial charge in [-0.15, -0.1) is 0 Å². The molecule has 0 aliphatic heterocycles. The van der Waals surface area contributed by atoms with Crippen molar-refractivity contribution in [2.24, 2.45) is 5.41 Å². The van der Waals surface area contributed by atoms with Crippen LogP contribution in [0.1, 0.15) is 39.3 Å². The molecule has 0 aliphatic carbocycles. The van der Waals surface area contributed by atoms with Crippen molar-refractivity contribution in [1.82, 2.24) is 5.32 Å². The SMILES string of the molecule is C[C@H](NC(=O)C(C)(C)C)c1ccc(Cl)cc1. The molecule has 0 saturated heterocycles. The maximum Gasteiger partial charge on any atom is 0.225 e. The van der Waals surface area contributed by atoms with Gasteiger partial charge in [0.1, 0.15) is 0 Å². The normalized spacial score (nSPS) is 13.3. The number of hydrogen-bond acceptors (Lipinski definition) is 1. The molecule has 0 radical (unpaired) electrons. The monoisotopic (exact) mass is 239 g/mol. The smallest absolute Gasteiger partial charge is 0.225 e. The molecule has 16 heavy (non-hydrogen) atoms. The quantitative estimate of drug-likeness (QED) is 0.840. The minimum absolute atomic E-state index is 0.00370. The largest absolute Gasteiger partial charge is 0.349 e. The summed E-state index contributed by atoms with van der Waals surface area (Å²) in [4.78, 5) is 11.8. The third kappa shape index (κ3) is 3.53. The van der Waals surface area contributed by atoms with Crippen molar-refractivity contribution in [1.29, 1.82) is 0 Å². The summed E-state index contributed by atoms with van der Waals surface area (Å²) in [5.41, 5.74) is 0.697. The van der Waals surface area contributed by atoms with Gasteiger partial charge in [0, 0.05) is 10.4 Å². The Kier molecular flexibility index (Phi) is 3.98. The van der Waals surface area contributed by atoms with Gasteiger partial charge in [-0.1, -0.05) is 44.5 Å².